The van der Waals surface area contributed by atoms with Crippen molar-refractivity contribution in [2.75, 3.05) is 11.1 Å². The van der Waals surface area contributed by atoms with Crippen molar-refractivity contribution in [1.82, 2.24) is 19.7 Å². The molecular weight excluding hydrogens is 403 g/mol. The number of nitrogen functional groups attached to an aromatic ring is 1. The van der Waals surface area contributed by atoms with Gasteiger partial charge >= 0.3 is 0 Å². The van der Waals surface area contributed by atoms with Gasteiger partial charge in [-0.1, -0.05) is 41.9 Å². The second-order valence-electron chi connectivity index (χ2n) is 8.03. The summed E-state index contributed by atoms with van der Waals surface area (Å²) >= 11 is 6.03. The van der Waals surface area contributed by atoms with E-state index in [1.165, 1.54) is 12.1 Å². The van der Waals surface area contributed by atoms with Crippen LogP contribution in [0.4, 0.5) is 16.2 Å². The van der Waals surface area contributed by atoms with E-state index in [2.05, 4.69) is 20.4 Å². The van der Waals surface area contributed by atoms with Crippen molar-refractivity contribution in [1.29, 1.82) is 0 Å². The van der Waals surface area contributed by atoms with E-state index in [9.17, 15) is 4.39 Å². The zero-order chi connectivity index (χ0) is 21.5. The normalized spacial score (nSPS) is 11.8. The van der Waals surface area contributed by atoms with Crippen LogP contribution in [0.15, 0.2) is 48.5 Å². The lowest BCUT2D eigenvalue weighted by molar-refractivity contribution is 0.364. The largest absolute Gasteiger partial charge is 0.383 e. The standard InChI is InChI=1S/C22H22ClFN6/c1-22(2,3)30-19(25)17-18(14-9-10-16(24)15(23)11-14)27-21(28-20(17)29-30)26-12-13-7-5-4-6-8-13/h4-11H,12,25H2,1-3H3,(H,26,28,29). The number of fused-ring (bicyclic) bond motifs is 1. The molecule has 0 aliphatic rings. The average molecular weight is 425 g/mol. The highest BCUT2D eigenvalue weighted by Crippen LogP contribution is 2.35. The Bertz CT molecular complexity index is 1210. The number of benzene rings is 2. The summed E-state index contributed by atoms with van der Waals surface area (Å²) in [5.74, 6) is 0.356. The maximum Gasteiger partial charge on any atom is 0.225 e. The summed E-state index contributed by atoms with van der Waals surface area (Å²) in [6.07, 6.45) is 0. The third-order valence-electron chi connectivity index (χ3n) is 4.69. The minimum absolute atomic E-state index is 0.0137. The molecule has 0 atom stereocenters. The molecule has 4 rings (SSSR count). The number of nitrogens with two attached hydrogens (primary N) is 1. The third kappa shape index (κ3) is 3.80. The van der Waals surface area contributed by atoms with Crippen LogP contribution in [0.3, 0.4) is 0 Å². The molecule has 0 unspecified atom stereocenters. The van der Waals surface area contributed by atoms with E-state index in [-0.39, 0.29) is 10.6 Å². The molecule has 3 N–H and O–H groups in total. The maximum absolute atomic E-state index is 13.7. The van der Waals surface area contributed by atoms with E-state index in [1.807, 2.05) is 51.1 Å². The molecule has 0 radical (unpaired) electrons. The smallest absolute Gasteiger partial charge is 0.225 e. The number of halogens is 2. The summed E-state index contributed by atoms with van der Waals surface area (Å²) in [6, 6.07) is 14.4. The minimum atomic E-state index is -0.494. The fourth-order valence-electron chi connectivity index (χ4n) is 3.23. The fraction of sp³-hybridized carbons (Fsp3) is 0.227. The van der Waals surface area contributed by atoms with Crippen molar-refractivity contribution < 1.29 is 4.39 Å². The van der Waals surface area contributed by atoms with Crippen LogP contribution in [-0.4, -0.2) is 19.7 Å². The van der Waals surface area contributed by atoms with E-state index in [1.54, 1.807) is 10.7 Å². The first kappa shape index (κ1) is 20.1. The highest BCUT2D eigenvalue weighted by Gasteiger charge is 2.24. The summed E-state index contributed by atoms with van der Waals surface area (Å²) in [5.41, 5.74) is 8.83. The summed E-state index contributed by atoms with van der Waals surface area (Å²) in [7, 11) is 0. The summed E-state index contributed by atoms with van der Waals surface area (Å²) in [5, 5.41) is 8.48. The first-order valence-electron chi connectivity index (χ1n) is 9.54. The van der Waals surface area contributed by atoms with Crippen LogP contribution in [0, 0.1) is 5.82 Å². The topological polar surface area (TPSA) is 81.7 Å². The molecule has 8 heteroatoms. The molecule has 0 amide bonds. The average Bonchev–Trinajstić information content (AvgIpc) is 3.06. The van der Waals surface area contributed by atoms with Crippen molar-refractivity contribution in [3.05, 3.63) is 64.9 Å². The quantitative estimate of drug-likeness (QED) is 0.468. The van der Waals surface area contributed by atoms with Gasteiger partial charge in [0, 0.05) is 12.1 Å². The van der Waals surface area contributed by atoms with Crippen molar-refractivity contribution in [3.63, 3.8) is 0 Å². The lowest BCUT2D eigenvalue weighted by Gasteiger charge is -2.20. The Labute approximate surface area is 178 Å². The Kier molecular flexibility index (Phi) is 5.07. The van der Waals surface area contributed by atoms with Gasteiger partial charge in [-0.25, -0.2) is 14.1 Å². The van der Waals surface area contributed by atoms with Gasteiger partial charge in [0.05, 0.1) is 21.6 Å². The monoisotopic (exact) mass is 424 g/mol. The predicted octanol–water partition coefficient (Wildman–Crippen LogP) is 5.24. The van der Waals surface area contributed by atoms with Crippen molar-refractivity contribution in [3.8, 4) is 11.3 Å². The number of rotatable bonds is 4. The molecule has 30 heavy (non-hydrogen) atoms. The van der Waals surface area contributed by atoms with E-state index in [4.69, 9.17) is 17.3 Å². The molecule has 0 spiro atoms. The van der Waals surface area contributed by atoms with Gasteiger partial charge in [0.1, 0.15) is 11.6 Å². The molecule has 0 saturated carbocycles. The van der Waals surface area contributed by atoms with Crippen LogP contribution in [-0.2, 0) is 12.1 Å². The van der Waals surface area contributed by atoms with Gasteiger partial charge in [-0.15, -0.1) is 5.10 Å². The van der Waals surface area contributed by atoms with Gasteiger partial charge in [-0.05, 0) is 44.5 Å². The van der Waals surface area contributed by atoms with Crippen LogP contribution in [0.1, 0.15) is 26.3 Å². The highest BCUT2D eigenvalue weighted by atomic mass is 35.5. The zero-order valence-electron chi connectivity index (χ0n) is 16.9. The molecule has 2 aromatic heterocycles. The SMILES string of the molecule is CC(C)(C)n1nc2nc(NCc3ccccc3)nc(-c3ccc(F)c(Cl)c3)c2c1N. The second kappa shape index (κ2) is 7.57. The summed E-state index contributed by atoms with van der Waals surface area (Å²) < 4.78 is 15.5. The van der Waals surface area contributed by atoms with Gasteiger partial charge < -0.3 is 11.1 Å². The van der Waals surface area contributed by atoms with Crippen LogP contribution in [0.2, 0.25) is 5.02 Å². The number of aromatic nitrogens is 4. The van der Waals surface area contributed by atoms with Crippen LogP contribution < -0.4 is 11.1 Å². The molecular formula is C22H22ClFN6. The Morgan fingerprint density at radius 3 is 2.50 bits per heavy atom. The zero-order valence-corrected chi connectivity index (χ0v) is 17.7. The first-order chi connectivity index (χ1) is 14.2. The molecule has 0 aliphatic carbocycles. The van der Waals surface area contributed by atoms with E-state index >= 15 is 0 Å². The predicted molar refractivity (Wildman–Crippen MR) is 119 cm³/mol. The van der Waals surface area contributed by atoms with Gasteiger partial charge in [0.2, 0.25) is 5.95 Å². The Hall–Kier alpha value is -3.19. The minimum Gasteiger partial charge on any atom is -0.383 e. The lowest BCUT2D eigenvalue weighted by Crippen LogP contribution is -2.24. The molecule has 0 fully saturated rings. The van der Waals surface area contributed by atoms with E-state index < -0.39 is 5.82 Å². The Morgan fingerprint density at radius 1 is 1.10 bits per heavy atom. The summed E-state index contributed by atoms with van der Waals surface area (Å²) in [4.78, 5) is 9.25. The van der Waals surface area contributed by atoms with E-state index in [0.717, 1.165) is 5.56 Å². The van der Waals surface area contributed by atoms with Crippen LogP contribution in [0.25, 0.3) is 22.3 Å². The Balaban J connectivity index is 1.87. The molecule has 2 aromatic carbocycles. The van der Waals surface area contributed by atoms with E-state index in [0.29, 0.717) is 40.6 Å². The molecule has 4 aromatic rings. The number of hydrogen-bond acceptors (Lipinski definition) is 5. The number of hydrogen-bond donors (Lipinski definition) is 2. The fourth-order valence-corrected chi connectivity index (χ4v) is 3.41. The molecule has 0 aliphatic heterocycles. The molecule has 154 valence electrons. The lowest BCUT2D eigenvalue weighted by atomic mass is 10.1. The number of anilines is 2. The highest BCUT2D eigenvalue weighted by molar-refractivity contribution is 6.31. The van der Waals surface area contributed by atoms with Gasteiger partial charge in [-0.3, -0.25) is 0 Å². The van der Waals surface area contributed by atoms with Crippen molar-refractivity contribution in [2.45, 2.75) is 32.9 Å². The molecule has 2 heterocycles. The Morgan fingerprint density at radius 2 is 1.83 bits per heavy atom. The number of nitrogens with zero attached hydrogens (tertiary/aromatic N) is 4. The molecule has 6 nitrogen and oxygen atoms in total. The number of nitrogens with one attached hydrogen (secondary N) is 1. The van der Waals surface area contributed by atoms with Crippen LogP contribution >= 0.6 is 11.6 Å². The van der Waals surface area contributed by atoms with Gasteiger partial charge in [0.15, 0.2) is 5.65 Å². The summed E-state index contributed by atoms with van der Waals surface area (Å²) in [6.45, 7) is 6.56. The molecule has 0 bridgehead atoms. The van der Waals surface area contributed by atoms with Crippen molar-refractivity contribution in [2.24, 2.45) is 0 Å². The third-order valence-corrected chi connectivity index (χ3v) is 4.98. The maximum atomic E-state index is 13.7. The van der Waals surface area contributed by atoms with Crippen LogP contribution in [0.5, 0.6) is 0 Å². The van der Waals surface area contributed by atoms with Gasteiger partial charge in [-0.2, -0.15) is 4.98 Å². The second-order valence-corrected chi connectivity index (χ2v) is 8.44. The molecule has 0 saturated heterocycles. The van der Waals surface area contributed by atoms with Gasteiger partial charge in [0.25, 0.3) is 0 Å². The van der Waals surface area contributed by atoms with Crippen molar-refractivity contribution >= 4 is 34.4 Å². The first-order valence-corrected chi connectivity index (χ1v) is 9.92.